The number of carbonyl (C=O) groups excluding carboxylic acids is 2. The summed E-state index contributed by atoms with van der Waals surface area (Å²) in [5.74, 6) is 0.136. The summed E-state index contributed by atoms with van der Waals surface area (Å²) in [6.07, 6.45) is 1.46. The molecule has 2 N–H and O–H groups in total. The summed E-state index contributed by atoms with van der Waals surface area (Å²) in [4.78, 5) is 25.9. The lowest BCUT2D eigenvalue weighted by Crippen LogP contribution is -2.33. The highest BCUT2D eigenvalue weighted by Crippen LogP contribution is 2.24. The van der Waals surface area contributed by atoms with Gasteiger partial charge in [0.2, 0.25) is 5.91 Å². The van der Waals surface area contributed by atoms with Crippen molar-refractivity contribution in [3.05, 3.63) is 29.3 Å². The largest absolute Gasteiger partial charge is 0.326 e. The molecule has 1 saturated heterocycles. The second-order valence-electron chi connectivity index (χ2n) is 5.40. The van der Waals surface area contributed by atoms with Gasteiger partial charge in [0, 0.05) is 24.3 Å². The molecular formula is C15H19N3O2. The third-order valence-corrected chi connectivity index (χ3v) is 3.85. The van der Waals surface area contributed by atoms with Crippen molar-refractivity contribution >= 4 is 17.4 Å². The van der Waals surface area contributed by atoms with Gasteiger partial charge in [-0.3, -0.25) is 14.5 Å². The van der Waals surface area contributed by atoms with Gasteiger partial charge in [-0.2, -0.15) is 0 Å². The minimum atomic E-state index is 0.00296. The summed E-state index contributed by atoms with van der Waals surface area (Å²) in [6.45, 7) is 4.30. The molecule has 0 unspecified atom stereocenters. The summed E-state index contributed by atoms with van der Waals surface area (Å²) < 4.78 is 0. The SMILES string of the molecule is O=C1Cc2cc(C(=O)CN3CCCNCC3)ccc2N1. The first-order valence-electron chi connectivity index (χ1n) is 7.11. The molecule has 0 saturated carbocycles. The van der Waals surface area contributed by atoms with E-state index in [4.69, 9.17) is 0 Å². The van der Waals surface area contributed by atoms with E-state index in [1.54, 1.807) is 0 Å². The number of benzene rings is 1. The summed E-state index contributed by atoms with van der Waals surface area (Å²) in [5.41, 5.74) is 2.47. The smallest absolute Gasteiger partial charge is 0.228 e. The molecule has 106 valence electrons. The van der Waals surface area contributed by atoms with Crippen LogP contribution in [0.5, 0.6) is 0 Å². The molecule has 1 amide bonds. The number of ketones is 1. The number of anilines is 1. The average molecular weight is 273 g/mol. The van der Waals surface area contributed by atoms with Gasteiger partial charge in [0.25, 0.3) is 0 Å². The zero-order chi connectivity index (χ0) is 13.9. The molecule has 1 aromatic carbocycles. The maximum absolute atomic E-state index is 12.3. The normalized spacial score (nSPS) is 19.3. The number of amides is 1. The maximum atomic E-state index is 12.3. The maximum Gasteiger partial charge on any atom is 0.228 e. The number of hydrogen-bond donors (Lipinski definition) is 2. The van der Waals surface area contributed by atoms with E-state index in [9.17, 15) is 9.59 Å². The lowest BCUT2D eigenvalue weighted by atomic mass is 10.0. The van der Waals surface area contributed by atoms with E-state index in [2.05, 4.69) is 15.5 Å². The van der Waals surface area contributed by atoms with Gasteiger partial charge in [-0.25, -0.2) is 0 Å². The number of fused-ring (bicyclic) bond motifs is 1. The number of nitrogens with one attached hydrogen (secondary N) is 2. The van der Waals surface area contributed by atoms with Crippen LogP contribution in [0.4, 0.5) is 5.69 Å². The van der Waals surface area contributed by atoms with Gasteiger partial charge >= 0.3 is 0 Å². The first kappa shape index (κ1) is 13.3. The lowest BCUT2D eigenvalue weighted by molar-refractivity contribution is -0.115. The molecule has 0 aromatic heterocycles. The van der Waals surface area contributed by atoms with E-state index in [0.29, 0.717) is 18.5 Å². The van der Waals surface area contributed by atoms with E-state index >= 15 is 0 Å². The molecule has 1 aromatic rings. The zero-order valence-corrected chi connectivity index (χ0v) is 11.4. The van der Waals surface area contributed by atoms with Crippen LogP contribution in [0.25, 0.3) is 0 Å². The predicted molar refractivity (Wildman–Crippen MR) is 77.0 cm³/mol. The zero-order valence-electron chi connectivity index (χ0n) is 11.4. The van der Waals surface area contributed by atoms with Crippen LogP contribution in [0.15, 0.2) is 18.2 Å². The topological polar surface area (TPSA) is 61.4 Å². The molecule has 0 atom stereocenters. The van der Waals surface area contributed by atoms with Crippen LogP contribution in [0.3, 0.4) is 0 Å². The van der Waals surface area contributed by atoms with Crippen LogP contribution in [-0.2, 0) is 11.2 Å². The second kappa shape index (κ2) is 5.73. The molecule has 0 radical (unpaired) electrons. The molecule has 2 aliphatic heterocycles. The van der Waals surface area contributed by atoms with Crippen molar-refractivity contribution in [2.24, 2.45) is 0 Å². The van der Waals surface area contributed by atoms with Gasteiger partial charge in [0.05, 0.1) is 13.0 Å². The lowest BCUT2D eigenvalue weighted by Gasteiger charge is -2.18. The van der Waals surface area contributed by atoms with Crippen molar-refractivity contribution in [2.75, 3.05) is 38.0 Å². The van der Waals surface area contributed by atoms with E-state index in [1.807, 2.05) is 18.2 Å². The Labute approximate surface area is 118 Å². The highest BCUT2D eigenvalue weighted by atomic mass is 16.1. The third-order valence-electron chi connectivity index (χ3n) is 3.85. The number of rotatable bonds is 3. The van der Waals surface area contributed by atoms with Gasteiger partial charge < -0.3 is 10.6 Å². The quantitative estimate of drug-likeness (QED) is 0.794. The fraction of sp³-hybridized carbons (Fsp3) is 0.467. The molecule has 3 rings (SSSR count). The van der Waals surface area contributed by atoms with Crippen LogP contribution < -0.4 is 10.6 Å². The fourth-order valence-corrected chi connectivity index (χ4v) is 2.76. The van der Waals surface area contributed by atoms with E-state index in [1.165, 1.54) is 0 Å². The molecular weight excluding hydrogens is 254 g/mol. The first-order valence-corrected chi connectivity index (χ1v) is 7.11. The summed E-state index contributed by atoms with van der Waals surface area (Å²) in [5, 5.41) is 6.11. The Morgan fingerprint density at radius 1 is 1.25 bits per heavy atom. The van der Waals surface area contributed by atoms with Crippen LogP contribution in [0.1, 0.15) is 22.3 Å². The monoisotopic (exact) mass is 273 g/mol. The van der Waals surface area contributed by atoms with Crippen molar-refractivity contribution in [1.82, 2.24) is 10.2 Å². The fourth-order valence-electron chi connectivity index (χ4n) is 2.76. The van der Waals surface area contributed by atoms with E-state index in [-0.39, 0.29) is 11.7 Å². The molecule has 0 aliphatic carbocycles. The number of nitrogens with zero attached hydrogens (tertiary/aromatic N) is 1. The Balaban J connectivity index is 1.68. The van der Waals surface area contributed by atoms with Gasteiger partial charge in [-0.1, -0.05) is 0 Å². The van der Waals surface area contributed by atoms with Crippen molar-refractivity contribution < 1.29 is 9.59 Å². The molecule has 2 heterocycles. The van der Waals surface area contributed by atoms with Crippen molar-refractivity contribution in [1.29, 1.82) is 0 Å². The Morgan fingerprint density at radius 3 is 3.05 bits per heavy atom. The summed E-state index contributed by atoms with van der Waals surface area (Å²) >= 11 is 0. The average Bonchev–Trinajstić information content (AvgIpc) is 2.62. The molecule has 20 heavy (non-hydrogen) atoms. The Kier molecular flexibility index (Phi) is 3.80. The minimum Gasteiger partial charge on any atom is -0.326 e. The highest BCUT2D eigenvalue weighted by molar-refractivity contribution is 6.02. The van der Waals surface area contributed by atoms with E-state index in [0.717, 1.165) is 43.9 Å². The van der Waals surface area contributed by atoms with E-state index < -0.39 is 0 Å². The number of hydrogen-bond acceptors (Lipinski definition) is 4. The van der Waals surface area contributed by atoms with Gasteiger partial charge in [-0.05, 0) is 43.3 Å². The third kappa shape index (κ3) is 2.89. The summed E-state index contributed by atoms with van der Waals surface area (Å²) in [7, 11) is 0. The standard InChI is InChI=1S/C15H19N3O2/c19-14(10-18-6-1-4-16-5-7-18)11-2-3-13-12(8-11)9-15(20)17-13/h2-3,8,16H,1,4-7,9-10H2,(H,17,20). The van der Waals surface area contributed by atoms with Gasteiger partial charge in [0.1, 0.15) is 0 Å². The van der Waals surface area contributed by atoms with Crippen molar-refractivity contribution in [2.45, 2.75) is 12.8 Å². The second-order valence-corrected chi connectivity index (χ2v) is 5.40. The number of carbonyl (C=O) groups is 2. The van der Waals surface area contributed by atoms with Crippen LogP contribution in [0, 0.1) is 0 Å². The Hall–Kier alpha value is -1.72. The Morgan fingerprint density at radius 2 is 2.15 bits per heavy atom. The van der Waals surface area contributed by atoms with Crippen molar-refractivity contribution in [3.8, 4) is 0 Å². The van der Waals surface area contributed by atoms with Crippen molar-refractivity contribution in [3.63, 3.8) is 0 Å². The molecule has 5 nitrogen and oxygen atoms in total. The summed E-state index contributed by atoms with van der Waals surface area (Å²) in [6, 6.07) is 5.49. The molecule has 0 spiro atoms. The highest BCUT2D eigenvalue weighted by Gasteiger charge is 2.20. The van der Waals surface area contributed by atoms with Crippen LogP contribution in [0.2, 0.25) is 0 Å². The molecule has 5 heteroatoms. The molecule has 0 bridgehead atoms. The Bertz CT molecular complexity index is 534. The van der Waals surface area contributed by atoms with Crippen LogP contribution >= 0.6 is 0 Å². The van der Waals surface area contributed by atoms with Crippen LogP contribution in [-0.4, -0.2) is 49.3 Å². The molecule has 1 fully saturated rings. The van der Waals surface area contributed by atoms with Gasteiger partial charge in [0.15, 0.2) is 5.78 Å². The predicted octanol–water partition coefficient (Wildman–Crippen LogP) is 0.659. The molecule has 2 aliphatic rings. The first-order chi connectivity index (χ1) is 9.72. The van der Waals surface area contributed by atoms with Gasteiger partial charge in [-0.15, -0.1) is 0 Å². The minimum absolute atomic E-state index is 0.00296. The number of Topliss-reactive ketones (excluding diaryl/α,β-unsaturated/α-hetero) is 1.